The highest BCUT2D eigenvalue weighted by molar-refractivity contribution is 6.31. The van der Waals surface area contributed by atoms with Crippen LogP contribution in [-0.4, -0.2) is 33.9 Å². The molecule has 0 spiro atoms. The van der Waals surface area contributed by atoms with Gasteiger partial charge in [-0.1, -0.05) is 11.6 Å². The number of anilines is 1. The number of carbonyl (C=O) groups is 1. The van der Waals surface area contributed by atoms with Gasteiger partial charge in [0.2, 0.25) is 0 Å². The Morgan fingerprint density at radius 2 is 2.17 bits per heavy atom. The molecule has 3 rings (SSSR count). The van der Waals surface area contributed by atoms with E-state index in [1.807, 2.05) is 0 Å². The third-order valence-electron chi connectivity index (χ3n) is 4.26. The van der Waals surface area contributed by atoms with Gasteiger partial charge in [-0.05, 0) is 43.4 Å². The highest BCUT2D eigenvalue weighted by Crippen LogP contribution is 2.24. The summed E-state index contributed by atoms with van der Waals surface area (Å²) in [6.07, 6.45) is 5.79. The van der Waals surface area contributed by atoms with Crippen molar-refractivity contribution < 1.29 is 9.18 Å². The SMILES string of the molecule is Nc1nccnc1C[C@H]1CCCN(C(=O)c2ccc(F)c(Cl)c2)C1. The summed E-state index contributed by atoms with van der Waals surface area (Å²) in [5.41, 5.74) is 7.02. The smallest absolute Gasteiger partial charge is 0.253 e. The lowest BCUT2D eigenvalue weighted by molar-refractivity contribution is 0.0673. The number of halogens is 2. The van der Waals surface area contributed by atoms with Gasteiger partial charge in [0.15, 0.2) is 0 Å². The second kappa shape index (κ2) is 7.13. The standard InChI is InChI=1S/C17H18ClFN4O/c18-13-9-12(3-4-14(13)19)17(24)23-7-1-2-11(10-23)8-15-16(20)22-6-5-21-15/h3-6,9,11H,1-2,7-8,10H2,(H2,20,22)/t11-/m1/s1. The third-order valence-corrected chi connectivity index (χ3v) is 4.55. The van der Waals surface area contributed by atoms with Crippen LogP contribution in [0.4, 0.5) is 10.2 Å². The number of hydrogen-bond acceptors (Lipinski definition) is 4. The Hall–Kier alpha value is -2.21. The van der Waals surface area contributed by atoms with Crippen LogP contribution in [-0.2, 0) is 6.42 Å². The number of piperidine rings is 1. The quantitative estimate of drug-likeness (QED) is 0.925. The first kappa shape index (κ1) is 16.6. The van der Waals surface area contributed by atoms with Crippen LogP contribution in [0.3, 0.4) is 0 Å². The fraction of sp³-hybridized carbons (Fsp3) is 0.353. The topological polar surface area (TPSA) is 72.1 Å². The number of nitrogens with zero attached hydrogens (tertiary/aromatic N) is 3. The zero-order valence-corrected chi connectivity index (χ0v) is 13.8. The summed E-state index contributed by atoms with van der Waals surface area (Å²) < 4.78 is 13.3. The fourth-order valence-electron chi connectivity index (χ4n) is 3.04. The van der Waals surface area contributed by atoms with Crippen molar-refractivity contribution in [3.05, 3.63) is 52.7 Å². The number of nitrogens with two attached hydrogens (primary N) is 1. The molecule has 5 nitrogen and oxygen atoms in total. The van der Waals surface area contributed by atoms with E-state index in [0.29, 0.717) is 30.9 Å². The Kier molecular flexibility index (Phi) is 4.94. The van der Waals surface area contributed by atoms with E-state index in [0.717, 1.165) is 18.5 Å². The number of benzene rings is 1. The second-order valence-electron chi connectivity index (χ2n) is 5.98. The molecular formula is C17H18ClFN4O. The van der Waals surface area contributed by atoms with Crippen molar-refractivity contribution in [2.45, 2.75) is 19.3 Å². The van der Waals surface area contributed by atoms with Crippen molar-refractivity contribution in [3.63, 3.8) is 0 Å². The minimum absolute atomic E-state index is 0.0401. The van der Waals surface area contributed by atoms with E-state index in [1.165, 1.54) is 18.2 Å². The van der Waals surface area contributed by atoms with Gasteiger partial charge in [-0.3, -0.25) is 9.78 Å². The number of amides is 1. The molecule has 1 aliphatic rings. The molecule has 1 saturated heterocycles. The highest BCUT2D eigenvalue weighted by atomic mass is 35.5. The maximum atomic E-state index is 13.3. The molecule has 24 heavy (non-hydrogen) atoms. The maximum absolute atomic E-state index is 13.3. The molecule has 1 amide bonds. The molecule has 1 aromatic heterocycles. The third kappa shape index (κ3) is 3.64. The molecule has 0 bridgehead atoms. The van der Waals surface area contributed by atoms with Gasteiger partial charge in [0.05, 0.1) is 10.7 Å². The Bertz CT molecular complexity index is 755. The van der Waals surface area contributed by atoms with E-state index in [-0.39, 0.29) is 16.8 Å². The number of aromatic nitrogens is 2. The van der Waals surface area contributed by atoms with Gasteiger partial charge in [-0.2, -0.15) is 0 Å². The molecule has 0 radical (unpaired) electrons. The van der Waals surface area contributed by atoms with Crippen LogP contribution < -0.4 is 5.73 Å². The first-order chi connectivity index (χ1) is 11.5. The lowest BCUT2D eigenvalue weighted by Gasteiger charge is -2.33. The first-order valence-corrected chi connectivity index (χ1v) is 8.22. The lowest BCUT2D eigenvalue weighted by atomic mass is 9.92. The lowest BCUT2D eigenvalue weighted by Crippen LogP contribution is -2.40. The summed E-state index contributed by atoms with van der Waals surface area (Å²) in [4.78, 5) is 22.7. The summed E-state index contributed by atoms with van der Waals surface area (Å²) in [5, 5.41) is -0.0401. The summed E-state index contributed by atoms with van der Waals surface area (Å²) in [6.45, 7) is 1.30. The number of nitrogen functional groups attached to an aromatic ring is 1. The van der Waals surface area contributed by atoms with Crippen molar-refractivity contribution in [3.8, 4) is 0 Å². The second-order valence-corrected chi connectivity index (χ2v) is 6.39. The van der Waals surface area contributed by atoms with Crippen LogP contribution in [0.5, 0.6) is 0 Å². The summed E-state index contributed by atoms with van der Waals surface area (Å²) in [6, 6.07) is 4.06. The van der Waals surface area contributed by atoms with E-state index < -0.39 is 5.82 Å². The van der Waals surface area contributed by atoms with E-state index >= 15 is 0 Å². The Morgan fingerprint density at radius 1 is 1.38 bits per heavy atom. The monoisotopic (exact) mass is 348 g/mol. The molecule has 0 unspecified atom stereocenters. The van der Waals surface area contributed by atoms with Crippen molar-refractivity contribution in [1.82, 2.24) is 14.9 Å². The summed E-state index contributed by atoms with van der Waals surface area (Å²) in [7, 11) is 0. The van der Waals surface area contributed by atoms with E-state index in [1.54, 1.807) is 17.3 Å². The molecule has 0 aliphatic carbocycles. The van der Waals surface area contributed by atoms with Crippen LogP contribution >= 0.6 is 11.6 Å². The van der Waals surface area contributed by atoms with Crippen LogP contribution in [0, 0.1) is 11.7 Å². The fourth-order valence-corrected chi connectivity index (χ4v) is 3.22. The summed E-state index contributed by atoms with van der Waals surface area (Å²) >= 11 is 5.78. The predicted octanol–water partition coefficient (Wildman–Crippen LogP) is 2.95. The molecule has 7 heteroatoms. The summed E-state index contributed by atoms with van der Waals surface area (Å²) in [5.74, 6) is 0.0560. The van der Waals surface area contributed by atoms with Gasteiger partial charge in [0, 0.05) is 31.0 Å². The van der Waals surface area contributed by atoms with Crippen molar-refractivity contribution in [1.29, 1.82) is 0 Å². The molecule has 1 aliphatic heterocycles. The minimum atomic E-state index is -0.525. The maximum Gasteiger partial charge on any atom is 0.253 e. The number of hydrogen-bond donors (Lipinski definition) is 1. The molecule has 2 heterocycles. The van der Waals surface area contributed by atoms with Crippen LogP contribution in [0.1, 0.15) is 28.9 Å². The van der Waals surface area contributed by atoms with Crippen molar-refractivity contribution >= 4 is 23.3 Å². The van der Waals surface area contributed by atoms with Gasteiger partial charge >= 0.3 is 0 Å². The number of rotatable bonds is 3. The zero-order chi connectivity index (χ0) is 17.1. The number of likely N-dealkylation sites (tertiary alicyclic amines) is 1. The van der Waals surface area contributed by atoms with Crippen LogP contribution in [0.25, 0.3) is 0 Å². The van der Waals surface area contributed by atoms with E-state index in [9.17, 15) is 9.18 Å². The molecular weight excluding hydrogens is 331 g/mol. The van der Waals surface area contributed by atoms with Gasteiger partial charge in [0.1, 0.15) is 11.6 Å². The minimum Gasteiger partial charge on any atom is -0.382 e. The highest BCUT2D eigenvalue weighted by Gasteiger charge is 2.26. The molecule has 1 atom stereocenters. The average molecular weight is 349 g/mol. The Balaban J connectivity index is 1.69. The number of carbonyl (C=O) groups excluding carboxylic acids is 1. The molecule has 126 valence electrons. The van der Waals surface area contributed by atoms with Gasteiger partial charge in [-0.15, -0.1) is 0 Å². The predicted molar refractivity (Wildman–Crippen MR) is 90.2 cm³/mol. The van der Waals surface area contributed by atoms with Crippen molar-refractivity contribution in [2.75, 3.05) is 18.8 Å². The molecule has 1 aromatic carbocycles. The first-order valence-electron chi connectivity index (χ1n) is 7.84. The van der Waals surface area contributed by atoms with Gasteiger partial charge in [-0.25, -0.2) is 9.37 Å². The van der Waals surface area contributed by atoms with Gasteiger partial charge < -0.3 is 10.6 Å². The van der Waals surface area contributed by atoms with Crippen LogP contribution in [0.15, 0.2) is 30.6 Å². The largest absolute Gasteiger partial charge is 0.382 e. The zero-order valence-electron chi connectivity index (χ0n) is 13.1. The average Bonchev–Trinajstić information content (AvgIpc) is 2.59. The Morgan fingerprint density at radius 3 is 2.92 bits per heavy atom. The van der Waals surface area contributed by atoms with Gasteiger partial charge in [0.25, 0.3) is 5.91 Å². The molecule has 0 saturated carbocycles. The Labute approximate surface area is 144 Å². The van der Waals surface area contributed by atoms with Crippen LogP contribution in [0.2, 0.25) is 5.02 Å². The molecule has 1 fully saturated rings. The molecule has 2 N–H and O–H groups in total. The van der Waals surface area contributed by atoms with E-state index in [4.69, 9.17) is 17.3 Å². The van der Waals surface area contributed by atoms with Crippen molar-refractivity contribution in [2.24, 2.45) is 5.92 Å². The normalized spacial score (nSPS) is 17.8. The van der Waals surface area contributed by atoms with E-state index in [2.05, 4.69) is 9.97 Å². The molecule has 2 aromatic rings.